The van der Waals surface area contributed by atoms with Gasteiger partial charge in [-0.25, -0.2) is 0 Å². The molecule has 0 aliphatic rings. The van der Waals surface area contributed by atoms with Crippen molar-refractivity contribution in [1.29, 1.82) is 0 Å². The van der Waals surface area contributed by atoms with E-state index in [4.69, 9.17) is 0 Å². The van der Waals surface area contributed by atoms with Crippen LogP contribution in [-0.4, -0.2) is 25.9 Å². The van der Waals surface area contributed by atoms with Gasteiger partial charge in [-0.3, -0.25) is 9.11 Å². The molecule has 0 fully saturated rings. The first-order valence-corrected chi connectivity index (χ1v) is 10.2. The molecule has 0 aliphatic carbocycles. The minimum Gasteiger partial charge on any atom is -0.281 e. The molecule has 0 saturated carbocycles. The maximum absolute atomic E-state index is 11.4. The molecular formula is C11H12O6S4. The molecule has 0 bridgehead atoms. The highest BCUT2D eigenvalue weighted by Gasteiger charge is 2.25. The first-order chi connectivity index (χ1) is 9.51. The molecule has 2 aromatic rings. The monoisotopic (exact) mass is 368 g/mol. The van der Waals surface area contributed by atoms with Crippen molar-refractivity contribution in [2.75, 3.05) is 0 Å². The minimum atomic E-state index is -4.37. The van der Waals surface area contributed by atoms with Crippen molar-refractivity contribution in [2.24, 2.45) is 0 Å². The van der Waals surface area contributed by atoms with Crippen LogP contribution in [-0.2, 0) is 26.7 Å². The summed E-state index contributed by atoms with van der Waals surface area (Å²) in [7, 11) is -8.73. The van der Waals surface area contributed by atoms with Crippen LogP contribution in [0.5, 0.6) is 0 Å². The smallest absolute Gasteiger partial charge is 0.281 e. The Kier molecular flexibility index (Phi) is 4.30. The average Bonchev–Trinajstić information content (AvgIpc) is 2.84. The van der Waals surface area contributed by atoms with Crippen LogP contribution < -0.4 is 0 Å². The van der Waals surface area contributed by atoms with Gasteiger partial charge in [-0.1, -0.05) is 0 Å². The predicted molar refractivity (Wildman–Crippen MR) is 80.5 cm³/mol. The first-order valence-electron chi connectivity index (χ1n) is 5.60. The minimum absolute atomic E-state index is 0.00884. The van der Waals surface area contributed by atoms with E-state index in [1.807, 2.05) is 0 Å². The molecule has 0 aromatic carbocycles. The quantitative estimate of drug-likeness (QED) is 0.803. The van der Waals surface area contributed by atoms with E-state index in [0.717, 1.165) is 22.7 Å². The third-order valence-corrected chi connectivity index (χ3v) is 8.09. The molecule has 116 valence electrons. The zero-order chi connectivity index (χ0) is 16.0. The van der Waals surface area contributed by atoms with Gasteiger partial charge in [0.05, 0.1) is 0 Å². The van der Waals surface area contributed by atoms with Gasteiger partial charge in [0.1, 0.15) is 0 Å². The molecule has 21 heavy (non-hydrogen) atoms. The van der Waals surface area contributed by atoms with Crippen molar-refractivity contribution in [2.45, 2.75) is 28.7 Å². The lowest BCUT2D eigenvalue weighted by atomic mass is 10.0. The van der Waals surface area contributed by atoms with E-state index in [1.54, 1.807) is 24.6 Å². The summed E-state index contributed by atoms with van der Waals surface area (Å²) in [6.45, 7) is 3.35. The largest absolute Gasteiger partial charge is 0.304 e. The molecule has 0 unspecified atom stereocenters. The second-order valence-electron chi connectivity index (χ2n) is 4.50. The molecule has 2 N–H and O–H groups in total. The lowest BCUT2D eigenvalue weighted by Crippen LogP contribution is -2.04. The van der Waals surface area contributed by atoms with E-state index in [1.165, 1.54) is 0 Å². The third kappa shape index (κ3) is 3.35. The molecule has 0 atom stereocenters. The summed E-state index contributed by atoms with van der Waals surface area (Å²) in [5.41, 5.74) is 1.96. The Hall–Kier alpha value is -0.780. The third-order valence-electron chi connectivity index (χ3n) is 2.95. The Labute approximate surface area is 130 Å². The molecule has 0 aliphatic heterocycles. The van der Waals surface area contributed by atoms with Crippen molar-refractivity contribution in [1.82, 2.24) is 0 Å². The van der Waals surface area contributed by atoms with Crippen LogP contribution in [0, 0.1) is 13.8 Å². The van der Waals surface area contributed by atoms with Crippen molar-refractivity contribution < 1.29 is 25.9 Å². The summed E-state index contributed by atoms with van der Waals surface area (Å²) in [5, 5.41) is 3.15. The molecule has 0 saturated heterocycles. The highest BCUT2D eigenvalue weighted by Crippen LogP contribution is 2.34. The second-order valence-corrected chi connectivity index (χ2v) is 9.49. The van der Waals surface area contributed by atoms with Gasteiger partial charge in [-0.15, -0.1) is 22.7 Å². The molecule has 0 amide bonds. The first kappa shape index (κ1) is 16.6. The summed E-state index contributed by atoms with van der Waals surface area (Å²) in [6, 6.07) is 0. The molecule has 2 aromatic heterocycles. The van der Waals surface area contributed by atoms with E-state index in [0.29, 0.717) is 22.3 Å². The van der Waals surface area contributed by atoms with Crippen molar-refractivity contribution in [3.05, 3.63) is 33.0 Å². The van der Waals surface area contributed by atoms with Gasteiger partial charge in [0, 0.05) is 6.42 Å². The van der Waals surface area contributed by atoms with Crippen LogP contribution in [0.4, 0.5) is 0 Å². The number of hydrogen-bond acceptors (Lipinski definition) is 6. The lowest BCUT2D eigenvalue weighted by molar-refractivity contribution is 0.483. The van der Waals surface area contributed by atoms with Crippen molar-refractivity contribution >= 4 is 42.9 Å². The van der Waals surface area contributed by atoms with Crippen LogP contribution in [0.1, 0.15) is 22.3 Å². The molecule has 0 radical (unpaired) electrons. The van der Waals surface area contributed by atoms with Gasteiger partial charge >= 0.3 is 20.2 Å². The Morgan fingerprint density at radius 1 is 0.857 bits per heavy atom. The predicted octanol–water partition coefficient (Wildman–Crippen LogP) is 2.51. The fourth-order valence-corrected chi connectivity index (χ4v) is 5.88. The van der Waals surface area contributed by atoms with Crippen LogP contribution in [0.25, 0.3) is 0 Å². The number of rotatable bonds is 4. The van der Waals surface area contributed by atoms with E-state index in [2.05, 4.69) is 0 Å². The summed E-state index contributed by atoms with van der Waals surface area (Å²) in [5.74, 6) is 0. The number of hydrogen-bond donors (Lipinski definition) is 2. The van der Waals surface area contributed by atoms with Crippen LogP contribution in [0.3, 0.4) is 0 Å². The summed E-state index contributed by atoms with van der Waals surface area (Å²) in [4.78, 5) is 0. The standard InChI is InChI=1S/C11H12O6S4/c1-6-4-18-10(20(12,13)14)8(6)3-9-7(2)5-19-11(9)21(15,16)17/h4-5H,3H2,1-2H3,(H,12,13,14)(H,15,16,17). The Morgan fingerprint density at radius 2 is 1.19 bits per heavy atom. The molecule has 2 heterocycles. The maximum atomic E-state index is 11.4. The average molecular weight is 368 g/mol. The zero-order valence-electron chi connectivity index (χ0n) is 11.0. The molecule has 2 rings (SSSR count). The van der Waals surface area contributed by atoms with E-state index >= 15 is 0 Å². The summed E-state index contributed by atoms with van der Waals surface area (Å²) >= 11 is 1.76. The number of thiophene rings is 2. The van der Waals surface area contributed by atoms with E-state index in [-0.39, 0.29) is 14.8 Å². The van der Waals surface area contributed by atoms with Crippen LogP contribution >= 0.6 is 22.7 Å². The molecule has 10 heteroatoms. The van der Waals surface area contributed by atoms with Gasteiger partial charge < -0.3 is 0 Å². The topological polar surface area (TPSA) is 109 Å². The summed E-state index contributed by atoms with van der Waals surface area (Å²) < 4.78 is 63.5. The van der Waals surface area contributed by atoms with Crippen molar-refractivity contribution in [3.63, 3.8) is 0 Å². The summed E-state index contributed by atoms with van der Waals surface area (Å²) in [6.07, 6.45) is 0.00884. The Morgan fingerprint density at radius 3 is 1.48 bits per heavy atom. The van der Waals surface area contributed by atoms with E-state index in [9.17, 15) is 25.9 Å². The highest BCUT2D eigenvalue weighted by atomic mass is 32.3. The maximum Gasteiger partial charge on any atom is 0.304 e. The van der Waals surface area contributed by atoms with Crippen molar-refractivity contribution in [3.8, 4) is 0 Å². The second kappa shape index (κ2) is 5.45. The fourth-order valence-electron chi connectivity index (χ4n) is 1.92. The van der Waals surface area contributed by atoms with Gasteiger partial charge in [0.15, 0.2) is 8.42 Å². The van der Waals surface area contributed by atoms with Gasteiger partial charge in [-0.05, 0) is 46.9 Å². The van der Waals surface area contributed by atoms with Crippen LogP contribution in [0.2, 0.25) is 0 Å². The number of aryl methyl sites for hydroxylation is 2. The lowest BCUT2D eigenvalue weighted by Gasteiger charge is -2.06. The molecule has 0 spiro atoms. The van der Waals surface area contributed by atoms with Gasteiger partial charge in [-0.2, -0.15) is 16.8 Å². The zero-order valence-corrected chi connectivity index (χ0v) is 14.3. The van der Waals surface area contributed by atoms with E-state index < -0.39 is 20.2 Å². The fraction of sp³-hybridized carbons (Fsp3) is 0.273. The van der Waals surface area contributed by atoms with Gasteiger partial charge in [0.25, 0.3) is 0 Å². The normalized spacial score (nSPS) is 12.8. The van der Waals surface area contributed by atoms with Gasteiger partial charge in [0.2, 0.25) is 0 Å². The van der Waals surface area contributed by atoms with Crippen LogP contribution in [0.15, 0.2) is 19.2 Å². The SMILES string of the molecule is Cc1csc(S(=O)(=O)O)c1Cc1c(C)csc1S(=O)(=O)O. The highest BCUT2D eigenvalue weighted by molar-refractivity contribution is 7.88. The Balaban J connectivity index is 2.60. The molecule has 6 nitrogen and oxygen atoms in total. The molecular weight excluding hydrogens is 356 g/mol. The Bertz CT molecular complexity index is 811.